The summed E-state index contributed by atoms with van der Waals surface area (Å²) < 4.78 is 10.8. The van der Waals surface area contributed by atoms with Gasteiger partial charge < -0.3 is 13.8 Å². The van der Waals surface area contributed by atoms with E-state index in [0.29, 0.717) is 23.6 Å². The zero-order chi connectivity index (χ0) is 14.9. The summed E-state index contributed by atoms with van der Waals surface area (Å²) in [6.07, 6.45) is 0. The van der Waals surface area contributed by atoms with Gasteiger partial charge in [0.1, 0.15) is 17.1 Å². The second kappa shape index (κ2) is 5.53. The standard InChI is InChI=1S/C15H20N2O3/c1-9(2)14-13(11(4)16-20-14)15(18)17(5)8-12-7-6-10(3)19-12/h6-7,9H,8H2,1-5H3. The molecule has 0 saturated heterocycles. The minimum absolute atomic E-state index is 0.0958. The van der Waals surface area contributed by atoms with Gasteiger partial charge in [-0.2, -0.15) is 0 Å². The molecule has 0 fully saturated rings. The molecule has 2 aromatic rings. The van der Waals surface area contributed by atoms with Crippen molar-refractivity contribution in [1.29, 1.82) is 0 Å². The third-order valence-electron chi connectivity index (χ3n) is 3.16. The lowest BCUT2D eigenvalue weighted by Crippen LogP contribution is -2.27. The number of rotatable bonds is 4. The maximum Gasteiger partial charge on any atom is 0.259 e. The Bertz CT molecular complexity index is 610. The summed E-state index contributed by atoms with van der Waals surface area (Å²) in [6, 6.07) is 3.76. The van der Waals surface area contributed by atoms with Crippen molar-refractivity contribution in [1.82, 2.24) is 10.1 Å². The van der Waals surface area contributed by atoms with Crippen molar-refractivity contribution in [3.05, 3.63) is 40.7 Å². The number of carbonyl (C=O) groups excluding carboxylic acids is 1. The lowest BCUT2D eigenvalue weighted by molar-refractivity contribution is 0.0771. The van der Waals surface area contributed by atoms with Crippen LogP contribution in [0.4, 0.5) is 0 Å². The van der Waals surface area contributed by atoms with Gasteiger partial charge in [0.25, 0.3) is 5.91 Å². The van der Waals surface area contributed by atoms with Crippen molar-refractivity contribution in [2.24, 2.45) is 0 Å². The van der Waals surface area contributed by atoms with Crippen molar-refractivity contribution in [2.45, 2.75) is 40.2 Å². The van der Waals surface area contributed by atoms with Gasteiger partial charge in [0.2, 0.25) is 0 Å². The molecular formula is C15H20N2O3. The summed E-state index contributed by atoms with van der Waals surface area (Å²) in [5.41, 5.74) is 1.19. The molecule has 0 saturated carbocycles. The molecule has 0 unspecified atom stereocenters. The fraction of sp³-hybridized carbons (Fsp3) is 0.467. The average molecular weight is 276 g/mol. The summed E-state index contributed by atoms with van der Waals surface area (Å²) in [5, 5.41) is 3.91. The van der Waals surface area contributed by atoms with Gasteiger partial charge in [0.15, 0.2) is 5.76 Å². The molecule has 108 valence electrons. The van der Waals surface area contributed by atoms with Gasteiger partial charge in [0, 0.05) is 13.0 Å². The fourth-order valence-corrected chi connectivity index (χ4v) is 2.11. The molecule has 1 amide bonds. The van der Waals surface area contributed by atoms with Gasteiger partial charge >= 0.3 is 0 Å². The molecule has 20 heavy (non-hydrogen) atoms. The summed E-state index contributed by atoms with van der Waals surface area (Å²) >= 11 is 0. The number of aromatic nitrogens is 1. The maximum absolute atomic E-state index is 12.5. The van der Waals surface area contributed by atoms with Gasteiger partial charge in [-0.05, 0) is 26.0 Å². The summed E-state index contributed by atoms with van der Waals surface area (Å²) in [4.78, 5) is 14.2. The van der Waals surface area contributed by atoms with Crippen LogP contribution in [0.2, 0.25) is 0 Å². The first-order valence-corrected chi connectivity index (χ1v) is 6.67. The van der Waals surface area contributed by atoms with Gasteiger partial charge in [-0.15, -0.1) is 0 Å². The number of aryl methyl sites for hydroxylation is 2. The molecule has 0 aliphatic heterocycles. The molecule has 2 aromatic heterocycles. The van der Waals surface area contributed by atoms with Crippen LogP contribution in [0.5, 0.6) is 0 Å². The van der Waals surface area contributed by atoms with Crippen molar-refractivity contribution in [3.63, 3.8) is 0 Å². The van der Waals surface area contributed by atoms with E-state index in [1.165, 1.54) is 0 Å². The highest BCUT2D eigenvalue weighted by Gasteiger charge is 2.25. The molecule has 5 heteroatoms. The molecule has 0 atom stereocenters. The third-order valence-corrected chi connectivity index (χ3v) is 3.16. The first-order chi connectivity index (χ1) is 9.40. The second-order valence-electron chi connectivity index (χ2n) is 5.34. The number of hydrogen-bond acceptors (Lipinski definition) is 4. The lowest BCUT2D eigenvalue weighted by Gasteiger charge is -2.16. The molecule has 2 rings (SSSR count). The van der Waals surface area contributed by atoms with Crippen LogP contribution >= 0.6 is 0 Å². The van der Waals surface area contributed by atoms with E-state index in [-0.39, 0.29) is 11.8 Å². The normalized spacial score (nSPS) is 11.1. The lowest BCUT2D eigenvalue weighted by atomic mass is 10.0. The van der Waals surface area contributed by atoms with Crippen LogP contribution in [0.1, 0.15) is 53.1 Å². The van der Waals surface area contributed by atoms with Gasteiger partial charge in [-0.1, -0.05) is 19.0 Å². The average Bonchev–Trinajstić information content (AvgIpc) is 2.94. The predicted molar refractivity (Wildman–Crippen MR) is 74.6 cm³/mol. The van der Waals surface area contributed by atoms with Crippen LogP contribution in [-0.2, 0) is 6.54 Å². The van der Waals surface area contributed by atoms with E-state index >= 15 is 0 Å². The first-order valence-electron chi connectivity index (χ1n) is 6.67. The van der Waals surface area contributed by atoms with Crippen LogP contribution in [-0.4, -0.2) is 23.0 Å². The highest BCUT2D eigenvalue weighted by Crippen LogP contribution is 2.24. The number of nitrogens with zero attached hydrogens (tertiary/aromatic N) is 2. The Hall–Kier alpha value is -2.04. The van der Waals surface area contributed by atoms with Gasteiger partial charge in [-0.25, -0.2) is 0 Å². The molecule has 0 spiro atoms. The Morgan fingerprint density at radius 1 is 1.35 bits per heavy atom. The topological polar surface area (TPSA) is 59.5 Å². The van der Waals surface area contributed by atoms with Crippen molar-refractivity contribution in [2.75, 3.05) is 7.05 Å². The molecule has 0 bridgehead atoms. The molecule has 0 aromatic carbocycles. The van der Waals surface area contributed by atoms with E-state index in [1.54, 1.807) is 18.9 Å². The van der Waals surface area contributed by atoms with Crippen molar-refractivity contribution < 1.29 is 13.7 Å². The SMILES string of the molecule is Cc1ccc(CN(C)C(=O)c2c(C)noc2C(C)C)o1. The Labute approximate surface area is 118 Å². The largest absolute Gasteiger partial charge is 0.464 e. The van der Waals surface area contributed by atoms with E-state index in [4.69, 9.17) is 8.94 Å². The molecule has 0 N–H and O–H groups in total. The molecule has 0 radical (unpaired) electrons. The molecule has 0 aliphatic carbocycles. The number of furan rings is 1. The first kappa shape index (κ1) is 14.4. The minimum atomic E-state index is -0.0958. The minimum Gasteiger partial charge on any atom is -0.464 e. The van der Waals surface area contributed by atoms with Crippen LogP contribution < -0.4 is 0 Å². The quantitative estimate of drug-likeness (QED) is 0.859. The van der Waals surface area contributed by atoms with Crippen molar-refractivity contribution >= 4 is 5.91 Å². The van der Waals surface area contributed by atoms with E-state index in [1.807, 2.05) is 32.9 Å². The second-order valence-corrected chi connectivity index (χ2v) is 5.34. The van der Waals surface area contributed by atoms with Crippen LogP contribution in [0.25, 0.3) is 0 Å². The predicted octanol–water partition coefficient (Wildman–Crippen LogP) is 3.28. The van der Waals surface area contributed by atoms with Crippen LogP contribution in [0.15, 0.2) is 21.1 Å². The number of amides is 1. The smallest absolute Gasteiger partial charge is 0.259 e. The zero-order valence-corrected chi connectivity index (χ0v) is 12.6. The van der Waals surface area contributed by atoms with E-state index in [2.05, 4.69) is 5.16 Å². The summed E-state index contributed by atoms with van der Waals surface area (Å²) in [5.74, 6) is 2.26. The van der Waals surface area contributed by atoms with E-state index < -0.39 is 0 Å². The Morgan fingerprint density at radius 3 is 2.60 bits per heavy atom. The summed E-state index contributed by atoms with van der Waals surface area (Å²) in [6.45, 7) is 8.05. The molecule has 2 heterocycles. The summed E-state index contributed by atoms with van der Waals surface area (Å²) in [7, 11) is 1.75. The highest BCUT2D eigenvalue weighted by molar-refractivity contribution is 5.96. The van der Waals surface area contributed by atoms with Crippen molar-refractivity contribution in [3.8, 4) is 0 Å². The van der Waals surface area contributed by atoms with Gasteiger partial charge in [0.05, 0.1) is 12.2 Å². The van der Waals surface area contributed by atoms with E-state index in [9.17, 15) is 4.79 Å². The Morgan fingerprint density at radius 2 is 2.05 bits per heavy atom. The van der Waals surface area contributed by atoms with Gasteiger partial charge in [-0.3, -0.25) is 4.79 Å². The third kappa shape index (κ3) is 2.76. The highest BCUT2D eigenvalue weighted by atomic mass is 16.5. The monoisotopic (exact) mass is 276 g/mol. The molecular weight excluding hydrogens is 256 g/mol. The Balaban J connectivity index is 2.20. The molecule has 0 aliphatic rings. The molecule has 5 nitrogen and oxygen atoms in total. The zero-order valence-electron chi connectivity index (χ0n) is 12.6. The van der Waals surface area contributed by atoms with Crippen LogP contribution in [0, 0.1) is 13.8 Å². The fourth-order valence-electron chi connectivity index (χ4n) is 2.11. The number of carbonyl (C=O) groups is 1. The van der Waals surface area contributed by atoms with Crippen LogP contribution in [0.3, 0.4) is 0 Å². The number of hydrogen-bond donors (Lipinski definition) is 0. The Kier molecular flexibility index (Phi) is 3.97. The van der Waals surface area contributed by atoms with E-state index in [0.717, 1.165) is 11.5 Å². The maximum atomic E-state index is 12.5.